The lowest BCUT2D eigenvalue weighted by atomic mass is 10.2. The average molecular weight is 294 g/mol. The van der Waals surface area contributed by atoms with Crippen molar-refractivity contribution in [2.45, 2.75) is 27.2 Å². The van der Waals surface area contributed by atoms with E-state index >= 15 is 0 Å². The molecule has 1 aromatic rings. The fourth-order valence-corrected chi connectivity index (χ4v) is 1.86. The predicted molar refractivity (Wildman–Crippen MR) is 84.3 cm³/mol. The maximum Gasteiger partial charge on any atom is 0.251 e. The van der Waals surface area contributed by atoms with Crippen LogP contribution in [-0.2, 0) is 0 Å². The second-order valence-electron chi connectivity index (χ2n) is 4.53. The third kappa shape index (κ3) is 6.04. The van der Waals surface area contributed by atoms with Gasteiger partial charge in [-0.2, -0.15) is 0 Å². The standard InChI is InChI=1S/C16H26N2O3/c1-4-9-17-10-11-18-16(19)13-7-8-14(20-5-2)15(12-13)21-6-3/h7-8,12,17H,4-6,9-11H2,1-3H3,(H,18,19). The molecule has 2 N–H and O–H groups in total. The molecule has 1 aromatic carbocycles. The molecule has 0 fully saturated rings. The van der Waals surface area contributed by atoms with E-state index in [-0.39, 0.29) is 5.91 Å². The van der Waals surface area contributed by atoms with Crippen LogP contribution in [0.2, 0.25) is 0 Å². The number of amides is 1. The third-order valence-electron chi connectivity index (χ3n) is 2.82. The molecular formula is C16H26N2O3. The Bertz CT molecular complexity index is 436. The Morgan fingerprint density at radius 2 is 1.71 bits per heavy atom. The topological polar surface area (TPSA) is 59.6 Å². The summed E-state index contributed by atoms with van der Waals surface area (Å²) < 4.78 is 11.0. The molecule has 0 aromatic heterocycles. The molecule has 118 valence electrons. The maximum absolute atomic E-state index is 12.1. The van der Waals surface area contributed by atoms with Gasteiger partial charge in [-0.15, -0.1) is 0 Å². The highest BCUT2D eigenvalue weighted by molar-refractivity contribution is 5.94. The third-order valence-corrected chi connectivity index (χ3v) is 2.82. The number of ether oxygens (including phenoxy) is 2. The van der Waals surface area contributed by atoms with Gasteiger partial charge in [-0.05, 0) is 45.0 Å². The quantitative estimate of drug-likeness (QED) is 0.650. The van der Waals surface area contributed by atoms with E-state index in [4.69, 9.17) is 9.47 Å². The molecule has 1 amide bonds. The van der Waals surface area contributed by atoms with Crippen molar-refractivity contribution < 1.29 is 14.3 Å². The van der Waals surface area contributed by atoms with Crippen LogP contribution in [0.5, 0.6) is 11.5 Å². The first-order valence-corrected chi connectivity index (χ1v) is 7.61. The molecule has 0 saturated carbocycles. The number of benzene rings is 1. The first kappa shape index (κ1) is 17.3. The van der Waals surface area contributed by atoms with Crippen molar-refractivity contribution in [3.05, 3.63) is 23.8 Å². The molecule has 21 heavy (non-hydrogen) atoms. The smallest absolute Gasteiger partial charge is 0.251 e. The van der Waals surface area contributed by atoms with Gasteiger partial charge in [0.25, 0.3) is 5.91 Å². The molecule has 0 atom stereocenters. The van der Waals surface area contributed by atoms with Gasteiger partial charge in [0.1, 0.15) is 0 Å². The van der Waals surface area contributed by atoms with Crippen molar-refractivity contribution in [3.63, 3.8) is 0 Å². The van der Waals surface area contributed by atoms with E-state index in [0.717, 1.165) is 19.5 Å². The summed E-state index contributed by atoms with van der Waals surface area (Å²) in [6.45, 7) is 9.38. The van der Waals surface area contributed by atoms with Gasteiger partial charge >= 0.3 is 0 Å². The minimum Gasteiger partial charge on any atom is -0.490 e. The van der Waals surface area contributed by atoms with E-state index in [1.165, 1.54) is 0 Å². The average Bonchev–Trinajstić information content (AvgIpc) is 2.49. The summed E-state index contributed by atoms with van der Waals surface area (Å²) in [6.07, 6.45) is 1.09. The first-order chi connectivity index (χ1) is 10.2. The van der Waals surface area contributed by atoms with Gasteiger partial charge in [0.2, 0.25) is 0 Å². The minimum absolute atomic E-state index is 0.0997. The number of carbonyl (C=O) groups excluding carboxylic acids is 1. The zero-order valence-corrected chi connectivity index (χ0v) is 13.2. The number of carbonyl (C=O) groups is 1. The fraction of sp³-hybridized carbons (Fsp3) is 0.562. The minimum atomic E-state index is -0.0997. The van der Waals surface area contributed by atoms with Crippen molar-refractivity contribution in [1.82, 2.24) is 10.6 Å². The Morgan fingerprint density at radius 1 is 1.00 bits per heavy atom. The summed E-state index contributed by atoms with van der Waals surface area (Å²) in [6, 6.07) is 5.25. The number of hydrogen-bond donors (Lipinski definition) is 2. The second kappa shape index (κ2) is 10.0. The predicted octanol–water partition coefficient (Wildman–Crippen LogP) is 2.21. The summed E-state index contributed by atoms with van der Waals surface area (Å²) in [5, 5.41) is 6.12. The molecule has 0 aliphatic carbocycles. The first-order valence-electron chi connectivity index (χ1n) is 7.61. The second-order valence-corrected chi connectivity index (χ2v) is 4.53. The van der Waals surface area contributed by atoms with Crippen LogP contribution in [0.15, 0.2) is 18.2 Å². The van der Waals surface area contributed by atoms with E-state index in [9.17, 15) is 4.79 Å². The lowest BCUT2D eigenvalue weighted by Gasteiger charge is -2.12. The van der Waals surface area contributed by atoms with Crippen molar-refractivity contribution in [2.75, 3.05) is 32.8 Å². The molecule has 0 radical (unpaired) electrons. The molecule has 0 aliphatic rings. The SMILES string of the molecule is CCCNCCNC(=O)c1ccc(OCC)c(OCC)c1. The van der Waals surface area contributed by atoms with E-state index in [0.29, 0.717) is 36.8 Å². The van der Waals surface area contributed by atoms with Crippen LogP contribution >= 0.6 is 0 Å². The monoisotopic (exact) mass is 294 g/mol. The lowest BCUT2D eigenvalue weighted by Crippen LogP contribution is -2.32. The zero-order chi connectivity index (χ0) is 15.5. The normalized spacial score (nSPS) is 10.2. The van der Waals surface area contributed by atoms with Gasteiger partial charge in [0, 0.05) is 18.7 Å². The fourth-order valence-electron chi connectivity index (χ4n) is 1.86. The number of rotatable bonds is 10. The van der Waals surface area contributed by atoms with E-state index in [1.54, 1.807) is 18.2 Å². The van der Waals surface area contributed by atoms with Gasteiger partial charge in [-0.1, -0.05) is 6.92 Å². The highest BCUT2D eigenvalue weighted by atomic mass is 16.5. The van der Waals surface area contributed by atoms with Crippen LogP contribution in [0.1, 0.15) is 37.6 Å². The Morgan fingerprint density at radius 3 is 2.38 bits per heavy atom. The number of nitrogens with one attached hydrogen (secondary N) is 2. The van der Waals surface area contributed by atoms with Crippen LogP contribution in [0.4, 0.5) is 0 Å². The Balaban J connectivity index is 2.60. The molecule has 0 aliphatic heterocycles. The van der Waals surface area contributed by atoms with E-state index in [1.807, 2.05) is 13.8 Å². The lowest BCUT2D eigenvalue weighted by molar-refractivity contribution is 0.0953. The van der Waals surface area contributed by atoms with Crippen LogP contribution in [0.25, 0.3) is 0 Å². The summed E-state index contributed by atoms with van der Waals surface area (Å²) in [4.78, 5) is 12.1. The summed E-state index contributed by atoms with van der Waals surface area (Å²) in [5.41, 5.74) is 0.581. The molecule has 1 rings (SSSR count). The van der Waals surface area contributed by atoms with Crippen molar-refractivity contribution in [1.29, 1.82) is 0 Å². The molecule has 5 heteroatoms. The summed E-state index contributed by atoms with van der Waals surface area (Å²) in [5.74, 6) is 1.17. The van der Waals surface area contributed by atoms with Crippen LogP contribution < -0.4 is 20.1 Å². The largest absolute Gasteiger partial charge is 0.490 e. The van der Waals surface area contributed by atoms with Gasteiger partial charge in [0.05, 0.1) is 13.2 Å². The zero-order valence-electron chi connectivity index (χ0n) is 13.2. The van der Waals surface area contributed by atoms with Gasteiger partial charge in [-0.25, -0.2) is 0 Å². The molecule has 5 nitrogen and oxygen atoms in total. The van der Waals surface area contributed by atoms with Crippen molar-refractivity contribution in [2.24, 2.45) is 0 Å². The van der Waals surface area contributed by atoms with Gasteiger partial charge in [-0.3, -0.25) is 4.79 Å². The van der Waals surface area contributed by atoms with Gasteiger partial charge < -0.3 is 20.1 Å². The Labute approximate surface area is 127 Å². The maximum atomic E-state index is 12.1. The highest BCUT2D eigenvalue weighted by Crippen LogP contribution is 2.28. The van der Waals surface area contributed by atoms with Crippen LogP contribution in [-0.4, -0.2) is 38.8 Å². The molecule has 0 heterocycles. The molecule has 0 unspecified atom stereocenters. The Hall–Kier alpha value is -1.75. The highest BCUT2D eigenvalue weighted by Gasteiger charge is 2.11. The van der Waals surface area contributed by atoms with Crippen LogP contribution in [0, 0.1) is 0 Å². The molecule has 0 bridgehead atoms. The van der Waals surface area contributed by atoms with Gasteiger partial charge in [0.15, 0.2) is 11.5 Å². The van der Waals surface area contributed by atoms with Crippen LogP contribution in [0.3, 0.4) is 0 Å². The summed E-state index contributed by atoms with van der Waals surface area (Å²) in [7, 11) is 0. The number of hydrogen-bond acceptors (Lipinski definition) is 4. The van der Waals surface area contributed by atoms with Crippen molar-refractivity contribution >= 4 is 5.91 Å². The molecule has 0 saturated heterocycles. The Kier molecular flexibility index (Phi) is 8.28. The molecule has 0 spiro atoms. The summed E-state index contributed by atoms with van der Waals surface area (Å²) >= 11 is 0. The van der Waals surface area contributed by atoms with Crippen molar-refractivity contribution in [3.8, 4) is 11.5 Å². The van der Waals surface area contributed by atoms with E-state index < -0.39 is 0 Å². The molecular weight excluding hydrogens is 268 g/mol. The van der Waals surface area contributed by atoms with E-state index in [2.05, 4.69) is 17.6 Å².